The number of carbonyl (C=O) groups is 1. The number of hydrogen-bond donors (Lipinski definition) is 2. The Bertz CT molecular complexity index is 790. The minimum Gasteiger partial charge on any atom is -0.481 e. The van der Waals surface area contributed by atoms with Gasteiger partial charge in [-0.25, -0.2) is 17.5 Å². The van der Waals surface area contributed by atoms with E-state index in [0.717, 1.165) is 11.3 Å². The van der Waals surface area contributed by atoms with Gasteiger partial charge in [0.2, 0.25) is 10.0 Å². The van der Waals surface area contributed by atoms with E-state index in [1.54, 1.807) is 12.1 Å². The van der Waals surface area contributed by atoms with Crippen LogP contribution in [0.2, 0.25) is 0 Å². The molecule has 9 heteroatoms. The lowest BCUT2D eigenvalue weighted by atomic mass is 10.3. The second-order valence-corrected chi connectivity index (χ2v) is 7.71. The summed E-state index contributed by atoms with van der Waals surface area (Å²) in [6.45, 7) is -0.155. The van der Waals surface area contributed by atoms with E-state index in [2.05, 4.69) is 10.0 Å². The number of carbonyl (C=O) groups excluding carboxylic acids is 1. The average molecular weight is 358 g/mol. The van der Waals surface area contributed by atoms with Gasteiger partial charge in [0.15, 0.2) is 18.2 Å². The predicted octanol–water partition coefficient (Wildman–Crippen LogP) is 1.49. The smallest absolute Gasteiger partial charge is 0.258 e. The molecule has 0 atom stereocenters. The van der Waals surface area contributed by atoms with Crippen LogP contribution in [0.5, 0.6) is 5.75 Å². The standard InChI is InChI=1S/C14H15FN2O4S2/c1-16-23(19,20)14-7-6-10(22-14)8-17-13(18)9-21-12-5-3-2-4-11(12)15/h2-7,16H,8-9H2,1H3,(H,17,18). The summed E-state index contributed by atoms with van der Waals surface area (Å²) in [6, 6.07) is 8.88. The van der Waals surface area contributed by atoms with E-state index < -0.39 is 21.7 Å². The third-order valence-corrected chi connectivity index (χ3v) is 5.82. The third kappa shape index (κ3) is 4.75. The molecule has 6 nitrogen and oxygen atoms in total. The number of thiophene rings is 1. The second-order valence-electron chi connectivity index (χ2n) is 4.42. The maximum atomic E-state index is 13.3. The number of amides is 1. The van der Waals surface area contributed by atoms with Crippen LogP contribution < -0.4 is 14.8 Å². The summed E-state index contributed by atoms with van der Waals surface area (Å²) < 4.78 is 44.0. The summed E-state index contributed by atoms with van der Waals surface area (Å²) in [4.78, 5) is 12.4. The molecule has 0 saturated carbocycles. The lowest BCUT2D eigenvalue weighted by Gasteiger charge is -2.07. The minimum absolute atomic E-state index is 0.00109. The molecule has 0 aliphatic heterocycles. The van der Waals surface area contributed by atoms with E-state index >= 15 is 0 Å². The van der Waals surface area contributed by atoms with Crippen LogP contribution >= 0.6 is 11.3 Å². The van der Waals surface area contributed by atoms with Gasteiger partial charge in [-0.05, 0) is 31.3 Å². The summed E-state index contributed by atoms with van der Waals surface area (Å²) >= 11 is 1.06. The molecule has 0 aliphatic carbocycles. The number of rotatable bonds is 7. The molecule has 0 fully saturated rings. The molecule has 2 N–H and O–H groups in total. The first-order chi connectivity index (χ1) is 10.9. The molecule has 124 valence electrons. The topological polar surface area (TPSA) is 84.5 Å². The summed E-state index contributed by atoms with van der Waals surface area (Å²) in [5.74, 6) is -0.971. The number of ether oxygens (including phenoxy) is 1. The molecule has 1 aromatic heterocycles. The van der Waals surface area contributed by atoms with Gasteiger partial charge in [0.25, 0.3) is 5.91 Å². The number of benzene rings is 1. The van der Waals surface area contributed by atoms with Crippen LogP contribution in [0, 0.1) is 5.82 Å². The van der Waals surface area contributed by atoms with Crippen molar-refractivity contribution in [3.8, 4) is 5.75 Å². The number of nitrogens with one attached hydrogen (secondary N) is 2. The highest BCUT2D eigenvalue weighted by Gasteiger charge is 2.14. The molecule has 1 amide bonds. The Kier molecular flexibility index (Phi) is 5.69. The number of sulfonamides is 1. The van der Waals surface area contributed by atoms with Gasteiger partial charge in [0.1, 0.15) is 4.21 Å². The largest absolute Gasteiger partial charge is 0.481 e. The van der Waals surface area contributed by atoms with Gasteiger partial charge in [-0.1, -0.05) is 12.1 Å². The van der Waals surface area contributed by atoms with Gasteiger partial charge in [0.05, 0.1) is 6.54 Å². The quantitative estimate of drug-likeness (QED) is 0.785. The van der Waals surface area contributed by atoms with Crippen molar-refractivity contribution >= 4 is 27.3 Å². The molecule has 0 unspecified atom stereocenters. The molecular formula is C14H15FN2O4S2. The fraction of sp³-hybridized carbons (Fsp3) is 0.214. The lowest BCUT2D eigenvalue weighted by Crippen LogP contribution is -2.28. The van der Waals surface area contributed by atoms with Crippen molar-refractivity contribution in [1.82, 2.24) is 10.0 Å². The normalized spacial score (nSPS) is 11.2. The fourth-order valence-corrected chi connectivity index (χ4v) is 3.77. The Morgan fingerprint density at radius 2 is 2.00 bits per heavy atom. The van der Waals surface area contributed by atoms with Crippen molar-refractivity contribution in [2.75, 3.05) is 13.7 Å². The maximum absolute atomic E-state index is 13.3. The Hall–Kier alpha value is -1.97. The molecule has 0 saturated heterocycles. The first-order valence-corrected chi connectivity index (χ1v) is 8.88. The highest BCUT2D eigenvalue weighted by atomic mass is 32.2. The summed E-state index contributed by atoms with van der Waals surface area (Å²) in [6.07, 6.45) is 0. The molecule has 2 rings (SSSR count). The molecular weight excluding hydrogens is 343 g/mol. The van der Waals surface area contributed by atoms with E-state index in [9.17, 15) is 17.6 Å². The van der Waals surface area contributed by atoms with E-state index in [-0.39, 0.29) is 23.1 Å². The molecule has 0 bridgehead atoms. The Morgan fingerprint density at radius 3 is 2.70 bits per heavy atom. The van der Waals surface area contributed by atoms with Gasteiger partial charge in [-0.3, -0.25) is 4.79 Å². The predicted molar refractivity (Wildman–Crippen MR) is 84.3 cm³/mol. The highest BCUT2D eigenvalue weighted by molar-refractivity contribution is 7.91. The van der Waals surface area contributed by atoms with E-state index in [1.165, 1.54) is 31.3 Å². The van der Waals surface area contributed by atoms with Crippen molar-refractivity contribution in [3.05, 3.63) is 47.1 Å². The van der Waals surface area contributed by atoms with E-state index in [4.69, 9.17) is 4.74 Å². The number of halogens is 1. The Labute approximate surface area is 137 Å². The first kappa shape index (κ1) is 17.4. The zero-order valence-corrected chi connectivity index (χ0v) is 13.8. The van der Waals surface area contributed by atoms with Crippen molar-refractivity contribution in [2.24, 2.45) is 0 Å². The van der Waals surface area contributed by atoms with Gasteiger partial charge >= 0.3 is 0 Å². The molecule has 0 radical (unpaired) electrons. The number of para-hydroxylation sites is 1. The van der Waals surface area contributed by atoms with Crippen molar-refractivity contribution in [3.63, 3.8) is 0 Å². The summed E-state index contributed by atoms with van der Waals surface area (Å²) in [7, 11) is -2.15. The van der Waals surface area contributed by atoms with E-state index in [1.807, 2.05) is 0 Å². The lowest BCUT2D eigenvalue weighted by molar-refractivity contribution is -0.123. The summed E-state index contributed by atoms with van der Waals surface area (Å²) in [5.41, 5.74) is 0. The monoisotopic (exact) mass is 358 g/mol. The van der Waals surface area contributed by atoms with Crippen LogP contribution in [-0.4, -0.2) is 28.0 Å². The molecule has 0 aliphatic rings. The van der Waals surface area contributed by atoms with Gasteiger partial charge in [-0.15, -0.1) is 11.3 Å². The van der Waals surface area contributed by atoms with Gasteiger partial charge in [0, 0.05) is 4.88 Å². The number of hydrogen-bond acceptors (Lipinski definition) is 5. The van der Waals surface area contributed by atoms with Crippen LogP contribution in [0.25, 0.3) is 0 Å². The average Bonchev–Trinajstić information content (AvgIpc) is 3.02. The summed E-state index contributed by atoms with van der Waals surface area (Å²) in [5, 5.41) is 2.58. The van der Waals surface area contributed by atoms with Crippen LogP contribution in [0.1, 0.15) is 4.88 Å². The van der Waals surface area contributed by atoms with Crippen molar-refractivity contribution < 1.29 is 22.3 Å². The fourth-order valence-electron chi connectivity index (χ4n) is 1.64. The molecule has 1 aromatic carbocycles. The maximum Gasteiger partial charge on any atom is 0.258 e. The second kappa shape index (κ2) is 7.53. The SMILES string of the molecule is CNS(=O)(=O)c1ccc(CNC(=O)COc2ccccc2F)s1. The molecule has 2 aromatic rings. The highest BCUT2D eigenvalue weighted by Crippen LogP contribution is 2.21. The zero-order chi connectivity index (χ0) is 16.9. The van der Waals surface area contributed by atoms with Crippen LogP contribution in [-0.2, 0) is 21.4 Å². The molecule has 23 heavy (non-hydrogen) atoms. The van der Waals surface area contributed by atoms with Crippen molar-refractivity contribution in [1.29, 1.82) is 0 Å². The van der Waals surface area contributed by atoms with Gasteiger partial charge in [-0.2, -0.15) is 0 Å². The minimum atomic E-state index is -3.48. The first-order valence-electron chi connectivity index (χ1n) is 6.58. The Balaban J connectivity index is 1.84. The van der Waals surface area contributed by atoms with Crippen LogP contribution in [0.4, 0.5) is 4.39 Å². The molecule has 1 heterocycles. The van der Waals surface area contributed by atoms with Crippen LogP contribution in [0.3, 0.4) is 0 Å². The van der Waals surface area contributed by atoms with Crippen LogP contribution in [0.15, 0.2) is 40.6 Å². The zero-order valence-electron chi connectivity index (χ0n) is 12.2. The van der Waals surface area contributed by atoms with Gasteiger partial charge < -0.3 is 10.1 Å². The van der Waals surface area contributed by atoms with E-state index in [0.29, 0.717) is 4.88 Å². The van der Waals surface area contributed by atoms with Crippen molar-refractivity contribution in [2.45, 2.75) is 10.8 Å². The third-order valence-electron chi connectivity index (χ3n) is 2.83. The Morgan fingerprint density at radius 1 is 1.26 bits per heavy atom. The molecule has 0 spiro atoms.